The van der Waals surface area contributed by atoms with Gasteiger partial charge in [0.05, 0.1) is 25.0 Å². The van der Waals surface area contributed by atoms with Gasteiger partial charge >= 0.3 is 0 Å². The van der Waals surface area contributed by atoms with Crippen molar-refractivity contribution in [1.29, 1.82) is 0 Å². The standard InChI is InChI=1S/C20H29NO3S/c1-14(2)20(21-19(22)13-25-16-6-3-4-7-16)15-8-9-17-18(12-15)24-11-5-10-23-17/h8-9,12,14,16,20H,3-7,10-11,13H2,1-2H3,(H,21,22)/t20-/m0/s1. The molecule has 0 radical (unpaired) electrons. The van der Waals surface area contributed by atoms with Gasteiger partial charge in [0, 0.05) is 11.7 Å². The third-order valence-corrected chi connectivity index (χ3v) is 6.24. The minimum Gasteiger partial charge on any atom is -0.490 e. The van der Waals surface area contributed by atoms with Crippen LogP contribution in [0.2, 0.25) is 0 Å². The maximum absolute atomic E-state index is 12.4. The minimum atomic E-state index is -0.00571. The van der Waals surface area contributed by atoms with Gasteiger partial charge in [-0.25, -0.2) is 0 Å². The molecule has 1 aromatic carbocycles. The van der Waals surface area contributed by atoms with Crippen LogP contribution in [0.25, 0.3) is 0 Å². The Hall–Kier alpha value is -1.36. The first-order valence-electron chi connectivity index (χ1n) is 9.44. The highest BCUT2D eigenvalue weighted by molar-refractivity contribution is 8.00. The van der Waals surface area contributed by atoms with E-state index in [4.69, 9.17) is 9.47 Å². The van der Waals surface area contributed by atoms with Crippen molar-refractivity contribution < 1.29 is 14.3 Å². The van der Waals surface area contributed by atoms with E-state index in [1.165, 1.54) is 25.7 Å². The lowest BCUT2D eigenvalue weighted by molar-refractivity contribution is -0.119. The van der Waals surface area contributed by atoms with Crippen molar-refractivity contribution in [1.82, 2.24) is 5.32 Å². The molecule has 1 aliphatic heterocycles. The molecule has 1 N–H and O–H groups in total. The average molecular weight is 364 g/mol. The summed E-state index contributed by atoms with van der Waals surface area (Å²) in [6.45, 7) is 5.64. The van der Waals surface area contributed by atoms with Gasteiger partial charge in [-0.15, -0.1) is 11.8 Å². The van der Waals surface area contributed by atoms with E-state index < -0.39 is 0 Å². The number of amides is 1. The third-order valence-electron chi connectivity index (χ3n) is 4.87. The lowest BCUT2D eigenvalue weighted by Crippen LogP contribution is -2.33. The van der Waals surface area contributed by atoms with Gasteiger partial charge in [-0.1, -0.05) is 32.8 Å². The van der Waals surface area contributed by atoms with Gasteiger partial charge in [0.25, 0.3) is 0 Å². The van der Waals surface area contributed by atoms with Crippen LogP contribution in [-0.2, 0) is 4.79 Å². The second-order valence-corrected chi connectivity index (χ2v) is 8.55. The molecule has 1 fully saturated rings. The zero-order valence-corrected chi connectivity index (χ0v) is 16.1. The Bertz CT molecular complexity index is 584. The summed E-state index contributed by atoms with van der Waals surface area (Å²) < 4.78 is 11.5. The monoisotopic (exact) mass is 363 g/mol. The second kappa shape index (κ2) is 8.84. The van der Waals surface area contributed by atoms with Gasteiger partial charge in [0.15, 0.2) is 11.5 Å². The summed E-state index contributed by atoms with van der Waals surface area (Å²) in [7, 11) is 0. The molecule has 2 aliphatic rings. The van der Waals surface area contributed by atoms with Crippen LogP contribution in [0.15, 0.2) is 18.2 Å². The first kappa shape index (κ1) is 18.4. The zero-order chi connectivity index (χ0) is 17.6. The van der Waals surface area contributed by atoms with E-state index in [-0.39, 0.29) is 11.9 Å². The molecule has 0 bridgehead atoms. The van der Waals surface area contributed by atoms with Crippen molar-refractivity contribution in [3.8, 4) is 11.5 Å². The number of hydrogen-bond donors (Lipinski definition) is 1. The van der Waals surface area contributed by atoms with E-state index in [9.17, 15) is 4.79 Å². The number of carbonyl (C=O) groups excluding carboxylic acids is 1. The van der Waals surface area contributed by atoms with Crippen molar-refractivity contribution in [3.05, 3.63) is 23.8 Å². The lowest BCUT2D eigenvalue weighted by Gasteiger charge is -2.24. The molecule has 1 aromatic rings. The van der Waals surface area contributed by atoms with E-state index in [2.05, 4.69) is 19.2 Å². The largest absolute Gasteiger partial charge is 0.490 e. The molecular formula is C20H29NO3S. The molecular weight excluding hydrogens is 334 g/mol. The van der Waals surface area contributed by atoms with Gasteiger partial charge in [0.2, 0.25) is 5.91 Å². The van der Waals surface area contributed by atoms with Crippen LogP contribution in [-0.4, -0.2) is 30.1 Å². The number of hydrogen-bond acceptors (Lipinski definition) is 4. The summed E-state index contributed by atoms with van der Waals surface area (Å²) in [5, 5.41) is 3.89. The van der Waals surface area contributed by atoms with Crippen molar-refractivity contribution >= 4 is 17.7 Å². The van der Waals surface area contributed by atoms with E-state index >= 15 is 0 Å². The third kappa shape index (κ3) is 5.06. The van der Waals surface area contributed by atoms with E-state index in [1.54, 1.807) is 0 Å². The predicted octanol–water partition coefficient (Wildman–Crippen LogP) is 4.34. The Morgan fingerprint density at radius 2 is 1.88 bits per heavy atom. The van der Waals surface area contributed by atoms with Crippen molar-refractivity contribution in [2.75, 3.05) is 19.0 Å². The molecule has 4 nitrogen and oxygen atoms in total. The summed E-state index contributed by atoms with van der Waals surface area (Å²) in [6, 6.07) is 6.03. The Balaban J connectivity index is 1.64. The molecule has 0 aromatic heterocycles. The van der Waals surface area contributed by atoms with Gasteiger partial charge in [-0.3, -0.25) is 4.79 Å². The molecule has 5 heteroatoms. The Labute approximate surface area is 155 Å². The molecule has 1 heterocycles. The van der Waals surface area contributed by atoms with Gasteiger partial charge in [-0.05, 0) is 36.5 Å². The van der Waals surface area contributed by atoms with Crippen LogP contribution in [0.3, 0.4) is 0 Å². The quantitative estimate of drug-likeness (QED) is 0.817. The molecule has 0 spiro atoms. The van der Waals surface area contributed by atoms with E-state index in [1.807, 2.05) is 30.0 Å². The maximum atomic E-state index is 12.4. The smallest absolute Gasteiger partial charge is 0.230 e. The van der Waals surface area contributed by atoms with Gasteiger partial charge in [0.1, 0.15) is 0 Å². The molecule has 1 atom stereocenters. The van der Waals surface area contributed by atoms with Crippen LogP contribution < -0.4 is 14.8 Å². The molecule has 3 rings (SSSR count). The molecule has 0 unspecified atom stereocenters. The highest BCUT2D eigenvalue weighted by Gasteiger charge is 2.22. The van der Waals surface area contributed by atoms with Gasteiger partial charge < -0.3 is 14.8 Å². The second-order valence-electron chi connectivity index (χ2n) is 7.26. The maximum Gasteiger partial charge on any atom is 0.230 e. The topological polar surface area (TPSA) is 47.6 Å². The fraction of sp³-hybridized carbons (Fsp3) is 0.650. The number of nitrogens with one attached hydrogen (secondary N) is 1. The number of thioether (sulfide) groups is 1. The van der Waals surface area contributed by atoms with Crippen LogP contribution >= 0.6 is 11.8 Å². The average Bonchev–Trinajstić information content (AvgIpc) is 3.01. The number of ether oxygens (including phenoxy) is 2. The summed E-state index contributed by atoms with van der Waals surface area (Å²) in [6.07, 6.45) is 6.03. The van der Waals surface area contributed by atoms with Crippen LogP contribution in [0.5, 0.6) is 11.5 Å². The number of benzene rings is 1. The molecule has 138 valence electrons. The lowest BCUT2D eigenvalue weighted by atomic mass is 9.95. The summed E-state index contributed by atoms with van der Waals surface area (Å²) in [4.78, 5) is 12.4. The predicted molar refractivity (Wildman–Crippen MR) is 102 cm³/mol. The summed E-state index contributed by atoms with van der Waals surface area (Å²) >= 11 is 1.81. The van der Waals surface area contributed by atoms with Gasteiger partial charge in [-0.2, -0.15) is 0 Å². The van der Waals surface area contributed by atoms with Crippen molar-refractivity contribution in [3.63, 3.8) is 0 Å². The van der Waals surface area contributed by atoms with E-state index in [0.717, 1.165) is 23.5 Å². The molecule has 1 aliphatic carbocycles. The summed E-state index contributed by atoms with van der Waals surface area (Å²) in [5.74, 6) is 2.58. The fourth-order valence-electron chi connectivity index (χ4n) is 3.47. The molecule has 1 saturated carbocycles. The van der Waals surface area contributed by atoms with E-state index in [0.29, 0.717) is 30.1 Å². The van der Waals surface area contributed by atoms with Crippen molar-refractivity contribution in [2.45, 2.75) is 57.2 Å². The highest BCUT2D eigenvalue weighted by atomic mass is 32.2. The SMILES string of the molecule is CC(C)[C@H](NC(=O)CSC1CCCC1)c1ccc2c(c1)OCCCO2. The summed E-state index contributed by atoms with van der Waals surface area (Å²) in [5.41, 5.74) is 1.08. The number of fused-ring (bicyclic) bond motifs is 1. The molecule has 0 saturated heterocycles. The minimum absolute atomic E-state index is 0.00571. The highest BCUT2D eigenvalue weighted by Crippen LogP contribution is 2.34. The first-order chi connectivity index (χ1) is 12.1. The first-order valence-corrected chi connectivity index (χ1v) is 10.5. The zero-order valence-electron chi connectivity index (χ0n) is 15.3. The van der Waals surface area contributed by atoms with Crippen LogP contribution in [0.1, 0.15) is 57.6 Å². The van der Waals surface area contributed by atoms with Crippen LogP contribution in [0, 0.1) is 5.92 Å². The Kier molecular flexibility index (Phi) is 6.51. The molecule has 1 amide bonds. The Morgan fingerprint density at radius 1 is 1.16 bits per heavy atom. The molecule has 25 heavy (non-hydrogen) atoms. The number of carbonyl (C=O) groups is 1. The Morgan fingerprint density at radius 3 is 2.60 bits per heavy atom. The fourth-order valence-corrected chi connectivity index (χ4v) is 4.61. The van der Waals surface area contributed by atoms with Crippen molar-refractivity contribution in [2.24, 2.45) is 5.92 Å². The number of rotatable bonds is 6. The normalized spacial score (nSPS) is 18.8. The van der Waals surface area contributed by atoms with Crippen LogP contribution in [0.4, 0.5) is 0 Å².